The third-order valence-electron chi connectivity index (χ3n) is 3.91. The smallest absolute Gasteiger partial charge is 0.319 e. The second-order valence-corrected chi connectivity index (χ2v) is 7.38. The van der Waals surface area contributed by atoms with E-state index in [4.69, 9.17) is 21.1 Å². The van der Waals surface area contributed by atoms with Crippen LogP contribution in [0, 0.1) is 5.92 Å². The molecule has 0 aliphatic carbocycles. The van der Waals surface area contributed by atoms with Crippen molar-refractivity contribution in [3.63, 3.8) is 0 Å². The van der Waals surface area contributed by atoms with Gasteiger partial charge in [-0.15, -0.1) is 11.6 Å². The number of amides is 2. The van der Waals surface area contributed by atoms with Crippen molar-refractivity contribution in [3.8, 4) is 0 Å². The molecule has 10 nitrogen and oxygen atoms in total. The molecule has 11 heteroatoms. The van der Waals surface area contributed by atoms with Crippen LogP contribution < -0.4 is 5.32 Å². The quantitative estimate of drug-likeness (QED) is 0.195. The Hall–Kier alpha value is -0.720. The van der Waals surface area contributed by atoms with Crippen LogP contribution in [0.4, 0.5) is 4.79 Å². The number of urea groups is 1. The summed E-state index contributed by atoms with van der Waals surface area (Å²) in [6, 6.07) is -0.736. The fraction of sp³-hybridized carbons (Fsp3) is 0.938. The lowest BCUT2D eigenvalue weighted by molar-refractivity contribution is -0.319. The third kappa shape index (κ3) is 6.99. The molecule has 0 saturated carbocycles. The first kappa shape index (κ1) is 24.3. The van der Waals surface area contributed by atoms with Crippen molar-refractivity contribution < 1.29 is 39.8 Å². The summed E-state index contributed by atoms with van der Waals surface area (Å²) in [5.74, 6) is 0.254. The summed E-state index contributed by atoms with van der Waals surface area (Å²) in [5, 5.41) is 53.0. The zero-order valence-corrected chi connectivity index (χ0v) is 16.5. The Labute approximate surface area is 163 Å². The average molecular weight is 415 g/mol. The second-order valence-electron chi connectivity index (χ2n) is 7.00. The van der Waals surface area contributed by atoms with Crippen LogP contribution in [0.2, 0.25) is 0 Å². The highest BCUT2D eigenvalue weighted by Gasteiger charge is 2.49. The maximum absolute atomic E-state index is 12.3. The van der Waals surface area contributed by atoms with Crippen molar-refractivity contribution in [1.82, 2.24) is 10.2 Å². The van der Waals surface area contributed by atoms with E-state index in [2.05, 4.69) is 5.32 Å². The first-order valence-corrected chi connectivity index (χ1v) is 9.41. The van der Waals surface area contributed by atoms with Crippen LogP contribution in [0.15, 0.2) is 0 Å². The minimum Gasteiger partial charge on any atom is -0.392 e. The van der Waals surface area contributed by atoms with Gasteiger partial charge in [-0.25, -0.2) is 4.79 Å². The first-order valence-electron chi connectivity index (χ1n) is 8.87. The molecule has 1 saturated heterocycles. The molecule has 0 radical (unpaired) electrons. The van der Waals surface area contributed by atoms with Gasteiger partial charge in [0.05, 0.1) is 19.3 Å². The predicted molar refractivity (Wildman–Crippen MR) is 96.0 cm³/mol. The molecule has 0 spiro atoms. The van der Waals surface area contributed by atoms with Crippen LogP contribution in [-0.4, -0.2) is 105 Å². The van der Waals surface area contributed by atoms with Gasteiger partial charge in [0.25, 0.3) is 0 Å². The topological polar surface area (TPSA) is 152 Å². The number of nitrogens with one attached hydrogen (secondary N) is 1. The number of aliphatic hydroxyl groups excluding tert-OH is 5. The Morgan fingerprint density at radius 1 is 1.19 bits per heavy atom. The largest absolute Gasteiger partial charge is 0.392 e. The first-order chi connectivity index (χ1) is 12.6. The molecule has 6 N–H and O–H groups in total. The Morgan fingerprint density at radius 2 is 1.81 bits per heavy atom. The number of aliphatic hydroxyl groups is 5. The lowest BCUT2D eigenvalue weighted by atomic mass is 9.97. The van der Waals surface area contributed by atoms with Gasteiger partial charge in [-0.2, -0.15) is 0 Å². The Kier molecular flexibility index (Phi) is 10.2. The molecular weight excluding hydrogens is 384 g/mol. The summed E-state index contributed by atoms with van der Waals surface area (Å²) in [7, 11) is 0. The summed E-state index contributed by atoms with van der Waals surface area (Å²) in [4.78, 5) is 13.1. The summed E-state index contributed by atoms with van der Waals surface area (Å²) >= 11 is 5.53. The van der Waals surface area contributed by atoms with Crippen molar-refractivity contribution in [2.45, 2.75) is 63.8 Å². The van der Waals surface area contributed by atoms with Crippen LogP contribution in [0.3, 0.4) is 0 Å². The molecule has 0 bridgehead atoms. The lowest BCUT2D eigenvalue weighted by Gasteiger charge is -2.44. The number of rotatable bonds is 9. The molecule has 27 heavy (non-hydrogen) atoms. The van der Waals surface area contributed by atoms with Gasteiger partial charge in [0.2, 0.25) is 0 Å². The zero-order chi connectivity index (χ0) is 20.7. The second kappa shape index (κ2) is 11.3. The molecule has 2 unspecified atom stereocenters. The van der Waals surface area contributed by atoms with Crippen molar-refractivity contribution >= 4 is 17.6 Å². The lowest BCUT2D eigenvalue weighted by Crippen LogP contribution is -2.65. The van der Waals surface area contributed by atoms with Gasteiger partial charge < -0.3 is 40.3 Å². The van der Waals surface area contributed by atoms with Crippen molar-refractivity contribution in [2.24, 2.45) is 5.92 Å². The number of hydrogen-bond donors (Lipinski definition) is 6. The molecule has 0 aromatic heterocycles. The van der Waals surface area contributed by atoms with Crippen molar-refractivity contribution in [1.29, 1.82) is 0 Å². The van der Waals surface area contributed by atoms with E-state index in [1.54, 1.807) is 0 Å². The summed E-state index contributed by atoms with van der Waals surface area (Å²) < 4.78 is 10.9. The number of halogens is 1. The minimum absolute atomic E-state index is 0.112. The Balaban J connectivity index is 2.95. The molecule has 0 aromatic carbocycles. The Bertz CT molecular complexity index is 456. The molecular formula is C16H31ClN2O8. The molecule has 2 amide bonds. The van der Waals surface area contributed by atoms with E-state index in [-0.39, 0.29) is 31.5 Å². The molecule has 0 aromatic rings. The maximum Gasteiger partial charge on any atom is 0.319 e. The van der Waals surface area contributed by atoms with E-state index >= 15 is 0 Å². The normalized spacial score (nSPS) is 30.8. The monoisotopic (exact) mass is 414 g/mol. The minimum atomic E-state index is -1.72. The van der Waals surface area contributed by atoms with Crippen LogP contribution in [0.25, 0.3) is 0 Å². The number of ether oxygens (including phenoxy) is 2. The fourth-order valence-electron chi connectivity index (χ4n) is 2.57. The van der Waals surface area contributed by atoms with Crippen LogP contribution >= 0.6 is 11.6 Å². The van der Waals surface area contributed by atoms with Gasteiger partial charge in [0.1, 0.15) is 24.4 Å². The SMILES string of the molecule is CC(C)CO[C@H]1O[C@H](C(O)N(CC(C)O)C(=O)NCCCl)[C@@H](O)[C@H](O)[C@H]1O. The van der Waals surface area contributed by atoms with Gasteiger partial charge in [0, 0.05) is 12.4 Å². The van der Waals surface area contributed by atoms with E-state index in [0.717, 1.165) is 4.90 Å². The number of carbonyl (C=O) groups is 1. The summed E-state index contributed by atoms with van der Waals surface area (Å²) in [6.07, 6.45) is -10.4. The van der Waals surface area contributed by atoms with Gasteiger partial charge in [-0.1, -0.05) is 13.8 Å². The van der Waals surface area contributed by atoms with E-state index in [1.165, 1.54) is 6.92 Å². The van der Waals surface area contributed by atoms with Crippen molar-refractivity contribution in [3.05, 3.63) is 0 Å². The highest BCUT2D eigenvalue weighted by molar-refractivity contribution is 6.18. The molecule has 1 rings (SSSR count). The van der Waals surface area contributed by atoms with Gasteiger partial charge in [-0.3, -0.25) is 4.90 Å². The van der Waals surface area contributed by atoms with Crippen LogP contribution in [0.5, 0.6) is 0 Å². The molecule has 1 fully saturated rings. The molecule has 1 heterocycles. The third-order valence-corrected chi connectivity index (χ3v) is 4.10. The number of hydrogen-bond acceptors (Lipinski definition) is 8. The van der Waals surface area contributed by atoms with E-state index in [9.17, 15) is 30.3 Å². The van der Waals surface area contributed by atoms with Gasteiger partial charge in [-0.05, 0) is 12.8 Å². The summed E-state index contributed by atoms with van der Waals surface area (Å²) in [6.45, 7) is 5.23. The van der Waals surface area contributed by atoms with E-state index in [1.807, 2.05) is 13.8 Å². The molecule has 7 atom stereocenters. The molecule has 1 aliphatic rings. The highest BCUT2D eigenvalue weighted by Crippen LogP contribution is 2.26. The fourth-order valence-corrected chi connectivity index (χ4v) is 2.67. The van der Waals surface area contributed by atoms with Crippen LogP contribution in [-0.2, 0) is 9.47 Å². The van der Waals surface area contributed by atoms with Gasteiger partial charge in [0.15, 0.2) is 12.5 Å². The Morgan fingerprint density at radius 3 is 2.33 bits per heavy atom. The molecule has 1 aliphatic heterocycles. The standard InChI is InChI=1S/C16H31ClN2O8/c1-8(2)7-26-15-12(23)10(21)11(22)13(27-15)14(24)19(6-9(3)20)16(25)18-5-4-17/h8-15,20-24H,4-7H2,1-3H3,(H,18,25)/t9?,10-,11-,12+,13-,14?,15-/m0/s1. The van der Waals surface area contributed by atoms with E-state index in [0.29, 0.717) is 0 Å². The number of nitrogens with zero attached hydrogens (tertiary/aromatic N) is 1. The maximum atomic E-state index is 12.3. The summed E-state index contributed by atoms with van der Waals surface area (Å²) in [5.41, 5.74) is 0. The number of carbonyl (C=O) groups excluding carboxylic acids is 1. The predicted octanol–water partition coefficient (Wildman–Crippen LogP) is -1.58. The van der Waals surface area contributed by atoms with Crippen molar-refractivity contribution in [2.75, 3.05) is 25.6 Å². The van der Waals surface area contributed by atoms with Gasteiger partial charge >= 0.3 is 6.03 Å². The highest BCUT2D eigenvalue weighted by atomic mass is 35.5. The van der Waals surface area contributed by atoms with Crippen LogP contribution in [0.1, 0.15) is 20.8 Å². The number of alkyl halides is 1. The zero-order valence-electron chi connectivity index (χ0n) is 15.7. The average Bonchev–Trinajstić information content (AvgIpc) is 2.60. The van der Waals surface area contributed by atoms with E-state index < -0.39 is 49.1 Å². The molecule has 160 valence electrons.